The number of benzene rings is 1. The molecule has 0 amide bonds. The molecule has 0 spiro atoms. The maximum Gasteiger partial charge on any atom is 0.267 e. The van der Waals surface area contributed by atoms with Gasteiger partial charge in [-0.1, -0.05) is 36.4 Å². The van der Waals surface area contributed by atoms with E-state index in [9.17, 15) is 4.79 Å². The monoisotopic (exact) mass is 437 g/mol. The molecule has 0 aliphatic carbocycles. The van der Waals surface area contributed by atoms with E-state index in [4.69, 9.17) is 9.84 Å². The van der Waals surface area contributed by atoms with Crippen LogP contribution in [0.5, 0.6) is 5.75 Å². The number of aromatic nitrogens is 5. The molecule has 5 rings (SSSR count). The van der Waals surface area contributed by atoms with E-state index in [0.29, 0.717) is 18.1 Å². The second-order valence-corrected chi connectivity index (χ2v) is 7.99. The fraction of sp³-hybridized carbons (Fsp3) is 0.154. The van der Waals surface area contributed by atoms with Gasteiger partial charge < -0.3 is 4.74 Å². The van der Waals surface area contributed by atoms with Gasteiger partial charge in [0.1, 0.15) is 18.1 Å². The maximum absolute atomic E-state index is 12.3. The molecule has 0 bridgehead atoms. The van der Waals surface area contributed by atoms with Gasteiger partial charge >= 0.3 is 0 Å². The normalized spacial score (nSPS) is 11.2. The van der Waals surface area contributed by atoms with Gasteiger partial charge in [-0.15, -0.1) is 0 Å². The van der Waals surface area contributed by atoms with Crippen LogP contribution < -0.4 is 10.3 Å². The molecule has 0 saturated heterocycles. The average molecular weight is 438 g/mol. The van der Waals surface area contributed by atoms with E-state index in [1.807, 2.05) is 85.2 Å². The third-order valence-corrected chi connectivity index (χ3v) is 5.34. The molecule has 0 N–H and O–H groups in total. The van der Waals surface area contributed by atoms with Crippen LogP contribution in [0.3, 0.4) is 0 Å². The van der Waals surface area contributed by atoms with Crippen molar-refractivity contribution < 1.29 is 4.74 Å². The summed E-state index contributed by atoms with van der Waals surface area (Å²) in [5.74, 6) is 0.700. The second kappa shape index (κ2) is 8.70. The van der Waals surface area contributed by atoms with Crippen LogP contribution in [0, 0.1) is 0 Å². The van der Waals surface area contributed by atoms with Gasteiger partial charge in [-0.3, -0.25) is 9.78 Å². The van der Waals surface area contributed by atoms with Gasteiger partial charge in [-0.25, -0.2) is 9.20 Å². The lowest BCUT2D eigenvalue weighted by molar-refractivity contribution is 0.301. The molecule has 0 fully saturated rings. The number of rotatable bonds is 6. The smallest absolute Gasteiger partial charge is 0.267 e. The van der Waals surface area contributed by atoms with Crippen molar-refractivity contribution in [2.24, 2.45) is 0 Å². The highest BCUT2D eigenvalue weighted by molar-refractivity contribution is 5.91. The zero-order chi connectivity index (χ0) is 22.8. The Balaban J connectivity index is 1.65. The van der Waals surface area contributed by atoms with E-state index in [1.165, 1.54) is 4.68 Å². The zero-order valence-electron chi connectivity index (χ0n) is 18.4. The summed E-state index contributed by atoms with van der Waals surface area (Å²) >= 11 is 0. The van der Waals surface area contributed by atoms with E-state index in [0.717, 1.165) is 28.0 Å². The van der Waals surface area contributed by atoms with E-state index in [-0.39, 0.29) is 11.6 Å². The Hall–Kier alpha value is -4.26. The molecule has 0 aliphatic rings. The summed E-state index contributed by atoms with van der Waals surface area (Å²) in [5.41, 5.74) is 4.84. The minimum atomic E-state index is -0.133. The highest BCUT2D eigenvalue weighted by atomic mass is 16.5. The van der Waals surface area contributed by atoms with Crippen LogP contribution in [0.25, 0.3) is 28.0 Å². The summed E-state index contributed by atoms with van der Waals surface area (Å²) in [6, 6.07) is 22.8. The Labute approximate surface area is 190 Å². The van der Waals surface area contributed by atoms with Crippen LogP contribution in [0.1, 0.15) is 25.6 Å². The molecule has 4 aromatic heterocycles. The highest BCUT2D eigenvalue weighted by Crippen LogP contribution is 2.35. The Bertz CT molecular complexity index is 1460. The van der Waals surface area contributed by atoms with E-state index < -0.39 is 0 Å². The molecule has 5 aromatic rings. The fourth-order valence-electron chi connectivity index (χ4n) is 3.74. The summed E-state index contributed by atoms with van der Waals surface area (Å²) in [6.45, 7) is 4.24. The van der Waals surface area contributed by atoms with Gasteiger partial charge in [-0.05, 0) is 38.1 Å². The largest absolute Gasteiger partial charge is 0.487 e. The molecule has 7 nitrogen and oxygen atoms in total. The summed E-state index contributed by atoms with van der Waals surface area (Å²) in [5, 5.41) is 9.51. The lowest BCUT2D eigenvalue weighted by Crippen LogP contribution is -2.23. The first-order valence-electron chi connectivity index (χ1n) is 10.8. The minimum absolute atomic E-state index is 0.0586. The zero-order valence-corrected chi connectivity index (χ0v) is 18.4. The maximum atomic E-state index is 12.3. The standard InChI is InChI=1S/C26H23N5O2/c1-18(2)31-24(32)12-11-22(28-31)25-23-16-21(33-17-20-10-6-7-14-27-20)13-15-30(23)29-26(25)19-8-4-3-5-9-19/h3-16,18H,17H2,1-2H3. The Morgan fingerprint density at radius 2 is 1.76 bits per heavy atom. The Morgan fingerprint density at radius 1 is 0.939 bits per heavy atom. The van der Waals surface area contributed by atoms with Crippen LogP contribution in [-0.2, 0) is 6.61 Å². The van der Waals surface area contributed by atoms with E-state index in [2.05, 4.69) is 10.1 Å². The quantitative estimate of drug-likeness (QED) is 0.382. The molecule has 4 heterocycles. The third-order valence-electron chi connectivity index (χ3n) is 5.34. The van der Waals surface area contributed by atoms with Crippen molar-refractivity contribution >= 4 is 5.52 Å². The van der Waals surface area contributed by atoms with Crippen molar-refractivity contribution in [1.29, 1.82) is 0 Å². The molecule has 0 atom stereocenters. The van der Waals surface area contributed by atoms with Gasteiger partial charge in [0.2, 0.25) is 0 Å². The van der Waals surface area contributed by atoms with Crippen LogP contribution in [0.2, 0.25) is 0 Å². The molecule has 164 valence electrons. The van der Waals surface area contributed by atoms with E-state index in [1.54, 1.807) is 18.3 Å². The number of hydrogen-bond donors (Lipinski definition) is 0. The van der Waals surface area contributed by atoms with Gasteiger partial charge in [0.25, 0.3) is 5.56 Å². The van der Waals surface area contributed by atoms with Gasteiger partial charge in [-0.2, -0.15) is 10.2 Å². The fourth-order valence-corrected chi connectivity index (χ4v) is 3.74. The van der Waals surface area contributed by atoms with Crippen molar-refractivity contribution in [3.63, 3.8) is 0 Å². The van der Waals surface area contributed by atoms with Crippen molar-refractivity contribution in [1.82, 2.24) is 24.4 Å². The third kappa shape index (κ3) is 4.13. The first-order chi connectivity index (χ1) is 16.1. The number of pyridine rings is 2. The lowest BCUT2D eigenvalue weighted by Gasteiger charge is -2.11. The summed E-state index contributed by atoms with van der Waals surface area (Å²) in [6.07, 6.45) is 3.62. The predicted molar refractivity (Wildman–Crippen MR) is 127 cm³/mol. The lowest BCUT2D eigenvalue weighted by atomic mass is 10.0. The van der Waals surface area contributed by atoms with Crippen molar-refractivity contribution in [3.8, 4) is 28.3 Å². The first-order valence-corrected chi connectivity index (χ1v) is 10.8. The van der Waals surface area contributed by atoms with Crippen LogP contribution in [-0.4, -0.2) is 24.4 Å². The molecule has 7 heteroatoms. The SMILES string of the molecule is CC(C)n1nc(-c2c(-c3ccccc3)nn3ccc(OCc4ccccn4)cc23)ccc1=O. The topological polar surface area (TPSA) is 74.3 Å². The van der Waals surface area contributed by atoms with Crippen molar-refractivity contribution in [3.05, 3.63) is 101 Å². The predicted octanol–water partition coefficient (Wildman–Crippen LogP) is 4.78. The summed E-state index contributed by atoms with van der Waals surface area (Å²) in [4.78, 5) is 16.6. The molecule has 0 aliphatic heterocycles. The molecule has 33 heavy (non-hydrogen) atoms. The number of ether oxygens (including phenoxy) is 1. The second-order valence-electron chi connectivity index (χ2n) is 7.99. The molecular formula is C26H23N5O2. The van der Waals surface area contributed by atoms with Crippen LogP contribution >= 0.6 is 0 Å². The van der Waals surface area contributed by atoms with Gasteiger partial charge in [0.05, 0.1) is 28.5 Å². The molecule has 0 radical (unpaired) electrons. The summed E-state index contributed by atoms with van der Waals surface area (Å²) < 4.78 is 9.32. The minimum Gasteiger partial charge on any atom is -0.487 e. The van der Waals surface area contributed by atoms with Crippen molar-refractivity contribution in [2.75, 3.05) is 0 Å². The van der Waals surface area contributed by atoms with Gasteiger partial charge in [0, 0.05) is 30.1 Å². The van der Waals surface area contributed by atoms with Crippen LogP contribution in [0.4, 0.5) is 0 Å². The van der Waals surface area contributed by atoms with Crippen molar-refractivity contribution in [2.45, 2.75) is 26.5 Å². The Kier molecular flexibility index (Phi) is 5.44. The average Bonchev–Trinajstić information content (AvgIpc) is 3.23. The van der Waals surface area contributed by atoms with E-state index >= 15 is 0 Å². The number of hydrogen-bond acceptors (Lipinski definition) is 5. The number of nitrogens with zero attached hydrogens (tertiary/aromatic N) is 5. The molecular weight excluding hydrogens is 414 g/mol. The summed E-state index contributed by atoms with van der Waals surface area (Å²) in [7, 11) is 0. The number of fused-ring (bicyclic) bond motifs is 1. The van der Waals surface area contributed by atoms with Crippen LogP contribution in [0.15, 0.2) is 90.0 Å². The molecule has 0 unspecified atom stereocenters. The highest BCUT2D eigenvalue weighted by Gasteiger charge is 2.19. The first kappa shape index (κ1) is 20.6. The van der Waals surface area contributed by atoms with Gasteiger partial charge in [0.15, 0.2) is 0 Å². The molecule has 0 saturated carbocycles. The Morgan fingerprint density at radius 3 is 2.52 bits per heavy atom. The molecule has 1 aromatic carbocycles.